The van der Waals surface area contributed by atoms with Gasteiger partial charge in [0.25, 0.3) is 0 Å². The Kier molecular flexibility index (Phi) is 9.96. The van der Waals surface area contributed by atoms with Gasteiger partial charge in [-0.3, -0.25) is 19.2 Å². The Balaban J connectivity index is 1.54. The topological polar surface area (TPSA) is 108 Å². The molecule has 0 radical (unpaired) electrons. The van der Waals surface area contributed by atoms with Crippen molar-refractivity contribution >= 4 is 36.3 Å². The normalized spacial score (nSPS) is 34.3. The van der Waals surface area contributed by atoms with E-state index in [1.807, 2.05) is 0 Å². The second-order valence-corrected chi connectivity index (χ2v) is 11.8. The van der Waals surface area contributed by atoms with Gasteiger partial charge in [-0.25, -0.2) is 0 Å². The summed E-state index contributed by atoms with van der Waals surface area (Å²) in [5.41, 5.74) is 0. The highest BCUT2D eigenvalue weighted by Gasteiger charge is 2.42. The van der Waals surface area contributed by atoms with Crippen molar-refractivity contribution in [2.45, 2.75) is 120 Å². The van der Waals surface area contributed by atoms with Gasteiger partial charge < -0.3 is 20.9 Å². The number of unbranched alkanes of at least 4 members (excludes halogenated alkanes) is 2. The van der Waals surface area contributed by atoms with E-state index >= 15 is 0 Å². The first-order valence-corrected chi connectivity index (χ1v) is 14.9. The monoisotopic (exact) mass is 520 g/mol. The SMILES string of the molecule is O=C1CC2CCC(CC2)NC(=O)[C@H](CCCCCS)NC(=O)[C@@H]2CCCN2C(=O)[C@H]2CCCC[C@H]2N1. The average Bonchev–Trinajstić information content (AvgIpc) is 3.36. The fourth-order valence-corrected chi connectivity index (χ4v) is 6.85. The fraction of sp³-hybridized carbons (Fsp3) is 0.852. The number of nitrogens with one attached hydrogen (secondary N) is 3. The molecule has 8 nitrogen and oxygen atoms in total. The lowest BCUT2D eigenvalue weighted by Crippen LogP contribution is -2.56. The van der Waals surface area contributed by atoms with Crippen LogP contribution in [0.1, 0.15) is 96.3 Å². The Morgan fingerprint density at radius 1 is 0.778 bits per heavy atom. The Labute approximate surface area is 220 Å². The molecule has 0 spiro atoms. The zero-order valence-corrected chi connectivity index (χ0v) is 22.4. The summed E-state index contributed by atoms with van der Waals surface area (Å²) in [5.74, 6) is 0.522. The molecule has 4 amide bonds. The zero-order valence-electron chi connectivity index (χ0n) is 21.5. The van der Waals surface area contributed by atoms with Crippen molar-refractivity contribution in [1.82, 2.24) is 20.9 Å². The summed E-state index contributed by atoms with van der Waals surface area (Å²) in [6.07, 6.45) is 12.3. The first-order valence-electron chi connectivity index (χ1n) is 14.3. The highest BCUT2D eigenvalue weighted by atomic mass is 32.1. The Morgan fingerprint density at radius 2 is 1.56 bits per heavy atom. The Bertz CT molecular complexity index is 801. The summed E-state index contributed by atoms with van der Waals surface area (Å²) in [4.78, 5) is 55.0. The molecule has 3 heterocycles. The minimum atomic E-state index is -0.589. The van der Waals surface area contributed by atoms with Crippen LogP contribution < -0.4 is 16.0 Å². The summed E-state index contributed by atoms with van der Waals surface area (Å²) >= 11 is 4.28. The first kappa shape index (κ1) is 27.3. The smallest absolute Gasteiger partial charge is 0.243 e. The molecule has 3 saturated heterocycles. The third-order valence-corrected chi connectivity index (χ3v) is 9.04. The number of rotatable bonds is 5. The van der Waals surface area contributed by atoms with E-state index in [1.54, 1.807) is 4.90 Å². The second-order valence-electron chi connectivity index (χ2n) is 11.3. The van der Waals surface area contributed by atoms with Gasteiger partial charge in [-0.2, -0.15) is 12.6 Å². The summed E-state index contributed by atoms with van der Waals surface area (Å²) in [5, 5.41) is 9.42. The van der Waals surface area contributed by atoms with Gasteiger partial charge in [-0.15, -0.1) is 0 Å². The number of nitrogens with zero attached hydrogens (tertiary/aromatic N) is 1. The first-order chi connectivity index (χ1) is 17.5. The molecule has 2 saturated carbocycles. The third kappa shape index (κ3) is 6.95. The predicted octanol–water partition coefficient (Wildman–Crippen LogP) is 2.71. The molecule has 36 heavy (non-hydrogen) atoms. The van der Waals surface area contributed by atoms with E-state index in [0.29, 0.717) is 31.7 Å². The van der Waals surface area contributed by atoms with Crippen LogP contribution >= 0.6 is 12.6 Å². The van der Waals surface area contributed by atoms with Gasteiger partial charge in [0.1, 0.15) is 12.1 Å². The fourth-order valence-electron chi connectivity index (χ4n) is 6.63. The summed E-state index contributed by atoms with van der Waals surface area (Å²) in [6.45, 7) is 0.553. The molecule has 4 atom stereocenters. The van der Waals surface area contributed by atoms with Crippen molar-refractivity contribution in [2.75, 3.05) is 12.3 Å². The molecule has 5 rings (SSSR count). The molecule has 0 aromatic carbocycles. The number of fused-ring (bicyclic) bond motifs is 8. The van der Waals surface area contributed by atoms with Crippen LogP contribution in [0.3, 0.4) is 0 Å². The maximum atomic E-state index is 13.7. The van der Waals surface area contributed by atoms with Crippen LogP contribution in [0.25, 0.3) is 0 Å². The van der Waals surface area contributed by atoms with Gasteiger partial charge in [0, 0.05) is 25.0 Å². The number of hydrogen-bond donors (Lipinski definition) is 4. The van der Waals surface area contributed by atoms with Crippen molar-refractivity contribution in [3.05, 3.63) is 0 Å². The summed E-state index contributed by atoms with van der Waals surface area (Å²) in [6, 6.07) is -1.21. The van der Waals surface area contributed by atoms with Crippen molar-refractivity contribution in [1.29, 1.82) is 0 Å². The average molecular weight is 521 g/mol. The van der Waals surface area contributed by atoms with Crippen LogP contribution in [0.2, 0.25) is 0 Å². The molecule has 2 aliphatic carbocycles. The number of amides is 4. The van der Waals surface area contributed by atoms with E-state index in [9.17, 15) is 19.2 Å². The highest BCUT2D eigenvalue weighted by molar-refractivity contribution is 7.80. The standard InChI is InChI=1S/C27H44N4O4S/c32-24-17-18-11-13-19(14-12-18)28-25(33)22(9-2-1-5-16-36)30-26(34)23-10-6-15-31(23)27(35)20-7-3-4-8-21(20)29-24/h18-23,36H,1-17H2,(H,28,33)(H,29,32)(H,30,34)/t18?,19?,20-,21+,22-,23-/m0/s1. The molecule has 3 N–H and O–H groups in total. The molecular weight excluding hydrogens is 476 g/mol. The molecule has 0 unspecified atom stereocenters. The highest BCUT2D eigenvalue weighted by Crippen LogP contribution is 2.31. The lowest BCUT2D eigenvalue weighted by Gasteiger charge is -2.36. The molecule has 2 bridgehead atoms. The second kappa shape index (κ2) is 13.2. The number of carbonyl (C=O) groups is 4. The summed E-state index contributed by atoms with van der Waals surface area (Å²) in [7, 11) is 0. The van der Waals surface area contributed by atoms with Crippen molar-refractivity contribution in [3.63, 3.8) is 0 Å². The molecular formula is C27H44N4O4S. The van der Waals surface area contributed by atoms with Gasteiger partial charge in [-0.1, -0.05) is 25.7 Å². The summed E-state index contributed by atoms with van der Waals surface area (Å²) < 4.78 is 0. The minimum Gasteiger partial charge on any atom is -0.353 e. The van der Waals surface area contributed by atoms with Crippen LogP contribution in [-0.2, 0) is 19.2 Å². The largest absolute Gasteiger partial charge is 0.353 e. The maximum Gasteiger partial charge on any atom is 0.243 e. The minimum absolute atomic E-state index is 0.0160. The predicted molar refractivity (Wildman–Crippen MR) is 141 cm³/mol. The molecule has 0 aromatic heterocycles. The number of hydrogen-bond acceptors (Lipinski definition) is 5. The lowest BCUT2D eigenvalue weighted by molar-refractivity contribution is -0.144. The van der Waals surface area contributed by atoms with Crippen molar-refractivity contribution in [2.24, 2.45) is 11.8 Å². The molecule has 9 heteroatoms. The Hall–Kier alpha value is -1.77. The molecule has 5 fully saturated rings. The van der Waals surface area contributed by atoms with Gasteiger partial charge in [0.15, 0.2) is 0 Å². The van der Waals surface area contributed by atoms with Crippen LogP contribution in [0.4, 0.5) is 0 Å². The third-order valence-electron chi connectivity index (χ3n) is 8.72. The lowest BCUT2D eigenvalue weighted by atomic mass is 9.82. The zero-order chi connectivity index (χ0) is 25.5. The molecule has 5 aliphatic rings. The van der Waals surface area contributed by atoms with Crippen LogP contribution in [-0.4, -0.2) is 65.0 Å². The van der Waals surface area contributed by atoms with E-state index in [2.05, 4.69) is 28.6 Å². The molecule has 3 aliphatic heterocycles. The van der Waals surface area contributed by atoms with E-state index < -0.39 is 12.1 Å². The van der Waals surface area contributed by atoms with E-state index in [0.717, 1.165) is 82.8 Å². The van der Waals surface area contributed by atoms with E-state index in [-0.39, 0.29) is 41.6 Å². The van der Waals surface area contributed by atoms with Crippen molar-refractivity contribution in [3.8, 4) is 0 Å². The van der Waals surface area contributed by atoms with Crippen LogP contribution in [0.15, 0.2) is 0 Å². The van der Waals surface area contributed by atoms with Crippen LogP contribution in [0.5, 0.6) is 0 Å². The van der Waals surface area contributed by atoms with E-state index in [1.165, 1.54) is 0 Å². The Morgan fingerprint density at radius 3 is 2.33 bits per heavy atom. The molecule has 0 aromatic rings. The number of carbonyl (C=O) groups excluding carboxylic acids is 4. The van der Waals surface area contributed by atoms with Gasteiger partial charge in [-0.05, 0) is 75.9 Å². The van der Waals surface area contributed by atoms with Crippen LogP contribution in [0, 0.1) is 11.8 Å². The molecule has 202 valence electrons. The van der Waals surface area contributed by atoms with Crippen molar-refractivity contribution < 1.29 is 19.2 Å². The maximum absolute atomic E-state index is 13.7. The van der Waals surface area contributed by atoms with Gasteiger partial charge in [0.2, 0.25) is 23.6 Å². The van der Waals surface area contributed by atoms with Gasteiger partial charge >= 0.3 is 0 Å². The van der Waals surface area contributed by atoms with Gasteiger partial charge in [0.05, 0.1) is 5.92 Å². The quantitative estimate of drug-likeness (QED) is 0.330. The number of thiol groups is 1. The van der Waals surface area contributed by atoms with E-state index in [4.69, 9.17) is 0 Å².